The van der Waals surface area contributed by atoms with Crippen LogP contribution in [0.15, 0.2) is 42.9 Å². The standard InChI is InChI=1S/C18H18N8O/c1-11-7-8-14(16(12(11)2)26-10-19-23-24-26)18(27)20-13(3)17-22-21-15-6-4-5-9-25(15)17/h4-10,13H,1-3H3,(H,20,27)/t13-/m0/s1. The van der Waals surface area contributed by atoms with Gasteiger partial charge in [0.2, 0.25) is 0 Å². The highest BCUT2D eigenvalue weighted by molar-refractivity contribution is 5.98. The zero-order valence-electron chi connectivity index (χ0n) is 15.2. The van der Waals surface area contributed by atoms with Gasteiger partial charge in [-0.3, -0.25) is 9.20 Å². The van der Waals surface area contributed by atoms with E-state index in [9.17, 15) is 4.79 Å². The summed E-state index contributed by atoms with van der Waals surface area (Å²) >= 11 is 0. The normalized spacial score (nSPS) is 12.3. The van der Waals surface area contributed by atoms with E-state index in [1.54, 1.807) is 6.07 Å². The van der Waals surface area contributed by atoms with Crippen molar-refractivity contribution in [3.63, 3.8) is 0 Å². The van der Waals surface area contributed by atoms with E-state index in [-0.39, 0.29) is 11.9 Å². The Labute approximate surface area is 155 Å². The van der Waals surface area contributed by atoms with Crippen LogP contribution < -0.4 is 5.32 Å². The second-order valence-corrected chi connectivity index (χ2v) is 6.34. The molecule has 0 aliphatic carbocycles. The van der Waals surface area contributed by atoms with Crippen molar-refractivity contribution in [1.82, 2.24) is 40.1 Å². The summed E-state index contributed by atoms with van der Waals surface area (Å²) in [5, 5.41) is 22.7. The van der Waals surface area contributed by atoms with E-state index in [2.05, 4.69) is 31.0 Å². The lowest BCUT2D eigenvalue weighted by molar-refractivity contribution is 0.0938. The van der Waals surface area contributed by atoms with Crippen molar-refractivity contribution in [3.8, 4) is 5.69 Å². The fourth-order valence-corrected chi connectivity index (χ4v) is 3.04. The number of aromatic nitrogens is 7. The van der Waals surface area contributed by atoms with Crippen LogP contribution in [0.4, 0.5) is 0 Å². The Kier molecular flexibility index (Phi) is 4.11. The molecule has 1 atom stereocenters. The molecule has 0 saturated heterocycles. The zero-order valence-corrected chi connectivity index (χ0v) is 15.2. The molecular formula is C18H18N8O. The zero-order chi connectivity index (χ0) is 19.0. The van der Waals surface area contributed by atoms with Crippen molar-refractivity contribution >= 4 is 11.6 Å². The predicted molar refractivity (Wildman–Crippen MR) is 97.5 cm³/mol. The average Bonchev–Trinajstić information content (AvgIpc) is 3.33. The molecule has 9 heteroatoms. The molecule has 136 valence electrons. The molecule has 0 saturated carbocycles. The number of nitrogens with one attached hydrogen (secondary N) is 1. The molecular weight excluding hydrogens is 344 g/mol. The minimum atomic E-state index is -0.335. The van der Waals surface area contributed by atoms with Crippen molar-refractivity contribution in [1.29, 1.82) is 0 Å². The quantitative estimate of drug-likeness (QED) is 0.594. The Morgan fingerprint density at radius 3 is 2.78 bits per heavy atom. The van der Waals surface area contributed by atoms with Gasteiger partial charge in [-0.15, -0.1) is 15.3 Å². The molecule has 0 fully saturated rings. The smallest absolute Gasteiger partial charge is 0.254 e. The summed E-state index contributed by atoms with van der Waals surface area (Å²) in [6.07, 6.45) is 3.35. The van der Waals surface area contributed by atoms with E-state index in [1.807, 2.05) is 55.6 Å². The molecule has 9 nitrogen and oxygen atoms in total. The van der Waals surface area contributed by atoms with Gasteiger partial charge < -0.3 is 5.32 Å². The molecule has 27 heavy (non-hydrogen) atoms. The summed E-state index contributed by atoms with van der Waals surface area (Å²) in [4.78, 5) is 13.0. The Morgan fingerprint density at radius 1 is 1.15 bits per heavy atom. The van der Waals surface area contributed by atoms with Crippen molar-refractivity contribution < 1.29 is 4.79 Å². The van der Waals surface area contributed by atoms with E-state index < -0.39 is 0 Å². The summed E-state index contributed by atoms with van der Waals surface area (Å²) in [5.41, 5.74) is 3.88. The first-order valence-corrected chi connectivity index (χ1v) is 8.50. The number of pyridine rings is 1. The molecule has 0 radical (unpaired) electrons. The largest absolute Gasteiger partial charge is 0.342 e. The molecule has 1 aromatic carbocycles. The third-order valence-electron chi connectivity index (χ3n) is 4.60. The average molecular weight is 362 g/mol. The molecule has 3 aromatic heterocycles. The van der Waals surface area contributed by atoms with Gasteiger partial charge in [0.05, 0.1) is 17.3 Å². The van der Waals surface area contributed by atoms with Crippen LogP contribution in [-0.2, 0) is 0 Å². The second kappa shape index (κ2) is 6.60. The monoisotopic (exact) mass is 362 g/mol. The Bertz CT molecular complexity index is 1120. The Morgan fingerprint density at radius 2 is 2.00 bits per heavy atom. The summed E-state index contributed by atoms with van der Waals surface area (Å²) in [6, 6.07) is 9.01. The van der Waals surface area contributed by atoms with E-state index in [0.717, 1.165) is 16.8 Å². The highest BCUT2D eigenvalue weighted by Crippen LogP contribution is 2.22. The first-order chi connectivity index (χ1) is 13.1. The fraction of sp³-hybridized carbons (Fsp3) is 0.222. The summed E-state index contributed by atoms with van der Waals surface area (Å²) in [6.45, 7) is 5.80. The van der Waals surface area contributed by atoms with E-state index in [4.69, 9.17) is 0 Å². The minimum Gasteiger partial charge on any atom is -0.342 e. The molecule has 3 heterocycles. The van der Waals surface area contributed by atoms with E-state index in [0.29, 0.717) is 17.1 Å². The highest BCUT2D eigenvalue weighted by atomic mass is 16.1. The first kappa shape index (κ1) is 16.8. The first-order valence-electron chi connectivity index (χ1n) is 8.50. The summed E-state index contributed by atoms with van der Waals surface area (Å²) < 4.78 is 3.36. The van der Waals surface area contributed by atoms with Gasteiger partial charge in [-0.05, 0) is 60.5 Å². The Balaban J connectivity index is 1.69. The van der Waals surface area contributed by atoms with Gasteiger partial charge in [-0.1, -0.05) is 12.1 Å². The van der Waals surface area contributed by atoms with Gasteiger partial charge >= 0.3 is 0 Å². The number of benzene rings is 1. The Hall–Kier alpha value is -3.62. The third kappa shape index (κ3) is 2.92. The maximum atomic E-state index is 13.0. The molecule has 0 aliphatic heterocycles. The number of hydrogen-bond donors (Lipinski definition) is 1. The lowest BCUT2D eigenvalue weighted by Gasteiger charge is -2.16. The van der Waals surface area contributed by atoms with Gasteiger partial charge in [0.1, 0.15) is 6.33 Å². The van der Waals surface area contributed by atoms with Crippen LogP contribution in [0.25, 0.3) is 11.3 Å². The van der Waals surface area contributed by atoms with Crippen LogP contribution in [0, 0.1) is 13.8 Å². The van der Waals surface area contributed by atoms with Gasteiger partial charge in [0.25, 0.3) is 5.91 Å². The number of carbonyl (C=O) groups excluding carboxylic acids is 1. The number of amides is 1. The molecule has 4 aromatic rings. The maximum absolute atomic E-state index is 13.0. The number of aryl methyl sites for hydroxylation is 1. The van der Waals surface area contributed by atoms with Crippen LogP contribution in [0.3, 0.4) is 0 Å². The number of nitrogens with zero attached hydrogens (tertiary/aromatic N) is 7. The molecule has 4 rings (SSSR count). The number of tetrazole rings is 1. The van der Waals surface area contributed by atoms with Crippen LogP contribution in [0.1, 0.15) is 40.3 Å². The van der Waals surface area contributed by atoms with Crippen LogP contribution in [0.5, 0.6) is 0 Å². The lowest BCUT2D eigenvalue weighted by atomic mass is 10.0. The van der Waals surface area contributed by atoms with Gasteiger partial charge in [-0.2, -0.15) is 4.68 Å². The molecule has 0 bridgehead atoms. The van der Waals surface area contributed by atoms with Gasteiger partial charge in [0, 0.05) is 6.20 Å². The topological polar surface area (TPSA) is 103 Å². The van der Waals surface area contributed by atoms with Crippen molar-refractivity contribution in [3.05, 3.63) is 65.4 Å². The highest BCUT2D eigenvalue weighted by Gasteiger charge is 2.21. The van der Waals surface area contributed by atoms with E-state index >= 15 is 0 Å². The lowest BCUT2D eigenvalue weighted by Crippen LogP contribution is -2.29. The summed E-state index contributed by atoms with van der Waals surface area (Å²) in [7, 11) is 0. The third-order valence-corrected chi connectivity index (χ3v) is 4.60. The van der Waals surface area contributed by atoms with Crippen molar-refractivity contribution in [2.24, 2.45) is 0 Å². The van der Waals surface area contributed by atoms with Crippen molar-refractivity contribution in [2.75, 3.05) is 0 Å². The fourth-order valence-electron chi connectivity index (χ4n) is 3.04. The maximum Gasteiger partial charge on any atom is 0.254 e. The number of fused-ring (bicyclic) bond motifs is 1. The van der Waals surface area contributed by atoms with Gasteiger partial charge in [-0.25, -0.2) is 0 Å². The number of carbonyl (C=O) groups is 1. The SMILES string of the molecule is Cc1ccc(C(=O)N[C@@H](C)c2nnc3ccccn23)c(-n2cnnn2)c1C. The molecule has 0 unspecified atom stereocenters. The van der Waals surface area contributed by atoms with Crippen molar-refractivity contribution in [2.45, 2.75) is 26.8 Å². The molecule has 0 aliphatic rings. The van der Waals surface area contributed by atoms with Crippen LogP contribution in [-0.4, -0.2) is 40.7 Å². The number of hydrogen-bond acceptors (Lipinski definition) is 6. The minimum absolute atomic E-state index is 0.233. The van der Waals surface area contributed by atoms with Crippen LogP contribution >= 0.6 is 0 Å². The molecule has 1 amide bonds. The van der Waals surface area contributed by atoms with E-state index in [1.165, 1.54) is 11.0 Å². The van der Waals surface area contributed by atoms with Gasteiger partial charge in [0.15, 0.2) is 11.5 Å². The predicted octanol–water partition coefficient (Wildman–Crippen LogP) is 1.81. The molecule has 1 N–H and O–H groups in total. The summed E-state index contributed by atoms with van der Waals surface area (Å²) in [5.74, 6) is 0.426. The number of rotatable bonds is 4. The van der Waals surface area contributed by atoms with Crippen LogP contribution in [0.2, 0.25) is 0 Å². The molecule has 0 spiro atoms. The second-order valence-electron chi connectivity index (χ2n) is 6.34.